The number of rotatable bonds is 2. The maximum Gasteiger partial charge on any atom is 0.00790 e. The third kappa shape index (κ3) is 1.39. The van der Waals surface area contributed by atoms with Crippen LogP contribution >= 0.6 is 0 Å². The molecule has 0 aliphatic heterocycles. The molecule has 0 spiro atoms. The van der Waals surface area contributed by atoms with E-state index in [1.807, 2.05) is 0 Å². The van der Waals surface area contributed by atoms with E-state index in [-0.39, 0.29) is 5.41 Å². The van der Waals surface area contributed by atoms with E-state index in [2.05, 4.69) is 51.2 Å². The van der Waals surface area contributed by atoms with Gasteiger partial charge in [0.1, 0.15) is 0 Å². The van der Waals surface area contributed by atoms with Crippen molar-refractivity contribution < 1.29 is 0 Å². The molecule has 2 aliphatic carbocycles. The number of hydrogen-bond donors (Lipinski definition) is 0. The van der Waals surface area contributed by atoms with Crippen molar-refractivity contribution in [3.05, 3.63) is 47.1 Å². The van der Waals surface area contributed by atoms with E-state index in [1.165, 1.54) is 5.57 Å². The standard InChI is InChI=1S/C14H18/c1-11-7-6-10-13(11)14(2,3)12-8-4-5-9-12/h4-8H,9-10H2,1-3H3. The molecular weight excluding hydrogens is 168 g/mol. The zero-order valence-corrected chi connectivity index (χ0v) is 9.30. The highest BCUT2D eigenvalue weighted by molar-refractivity contribution is 5.43. The van der Waals surface area contributed by atoms with Gasteiger partial charge in [-0.2, -0.15) is 0 Å². The average molecular weight is 186 g/mol. The van der Waals surface area contributed by atoms with Gasteiger partial charge in [-0.15, -0.1) is 0 Å². The van der Waals surface area contributed by atoms with Crippen LogP contribution in [0.5, 0.6) is 0 Å². The summed E-state index contributed by atoms with van der Waals surface area (Å²) in [6.45, 7) is 6.92. The third-order valence-corrected chi connectivity index (χ3v) is 3.49. The average Bonchev–Trinajstić information content (AvgIpc) is 2.72. The summed E-state index contributed by atoms with van der Waals surface area (Å²) in [5.74, 6) is 0. The summed E-state index contributed by atoms with van der Waals surface area (Å²) in [7, 11) is 0. The fourth-order valence-corrected chi connectivity index (χ4v) is 2.47. The van der Waals surface area contributed by atoms with Crippen molar-refractivity contribution in [2.24, 2.45) is 5.41 Å². The Morgan fingerprint density at radius 3 is 2.43 bits per heavy atom. The number of allylic oxidation sites excluding steroid dienone is 8. The van der Waals surface area contributed by atoms with E-state index < -0.39 is 0 Å². The van der Waals surface area contributed by atoms with Crippen LogP contribution in [0.2, 0.25) is 0 Å². The van der Waals surface area contributed by atoms with Crippen LogP contribution < -0.4 is 0 Å². The van der Waals surface area contributed by atoms with Gasteiger partial charge in [-0.25, -0.2) is 0 Å². The van der Waals surface area contributed by atoms with E-state index in [0.717, 1.165) is 12.8 Å². The molecule has 0 radical (unpaired) electrons. The van der Waals surface area contributed by atoms with Crippen LogP contribution in [0, 0.1) is 5.41 Å². The second kappa shape index (κ2) is 3.27. The van der Waals surface area contributed by atoms with Gasteiger partial charge in [-0.05, 0) is 19.8 Å². The zero-order valence-electron chi connectivity index (χ0n) is 9.30. The van der Waals surface area contributed by atoms with Gasteiger partial charge < -0.3 is 0 Å². The minimum Gasteiger partial charge on any atom is -0.0804 e. The minimum atomic E-state index is 0.247. The molecular formula is C14H18. The van der Waals surface area contributed by atoms with Crippen molar-refractivity contribution in [1.29, 1.82) is 0 Å². The monoisotopic (exact) mass is 186 g/mol. The quantitative estimate of drug-likeness (QED) is 0.607. The van der Waals surface area contributed by atoms with Crippen molar-refractivity contribution in [3.63, 3.8) is 0 Å². The highest BCUT2D eigenvalue weighted by Gasteiger charge is 2.29. The second-order valence-electron chi connectivity index (χ2n) is 4.72. The molecule has 0 fully saturated rings. The molecule has 0 atom stereocenters. The molecule has 0 nitrogen and oxygen atoms in total. The predicted octanol–water partition coefficient (Wildman–Crippen LogP) is 4.18. The number of hydrogen-bond acceptors (Lipinski definition) is 0. The molecule has 0 aromatic carbocycles. The lowest BCUT2D eigenvalue weighted by Crippen LogP contribution is -2.17. The molecule has 0 heterocycles. The molecule has 0 aromatic rings. The first kappa shape index (κ1) is 9.51. The van der Waals surface area contributed by atoms with Gasteiger partial charge in [0.05, 0.1) is 0 Å². The van der Waals surface area contributed by atoms with Gasteiger partial charge >= 0.3 is 0 Å². The molecule has 0 unspecified atom stereocenters. The van der Waals surface area contributed by atoms with Crippen LogP contribution in [0.1, 0.15) is 33.6 Å². The molecule has 0 aromatic heterocycles. The lowest BCUT2D eigenvalue weighted by atomic mass is 9.75. The van der Waals surface area contributed by atoms with Gasteiger partial charge in [0.25, 0.3) is 0 Å². The third-order valence-electron chi connectivity index (χ3n) is 3.49. The van der Waals surface area contributed by atoms with Crippen molar-refractivity contribution in [2.45, 2.75) is 33.6 Å². The molecule has 0 saturated heterocycles. The van der Waals surface area contributed by atoms with Crippen molar-refractivity contribution in [2.75, 3.05) is 0 Å². The summed E-state index contributed by atoms with van der Waals surface area (Å²) in [5.41, 5.74) is 4.85. The Hall–Kier alpha value is -1.04. The van der Waals surface area contributed by atoms with Crippen molar-refractivity contribution in [1.82, 2.24) is 0 Å². The summed E-state index contributed by atoms with van der Waals surface area (Å²) in [4.78, 5) is 0. The molecule has 2 aliphatic rings. The summed E-state index contributed by atoms with van der Waals surface area (Å²) in [5, 5.41) is 0. The SMILES string of the molecule is CC1=C(C(C)(C)C2=CC=CC2)CC=C1. The molecule has 2 rings (SSSR count). The van der Waals surface area contributed by atoms with Gasteiger partial charge in [0.15, 0.2) is 0 Å². The highest BCUT2D eigenvalue weighted by atomic mass is 14.3. The van der Waals surface area contributed by atoms with Crippen molar-refractivity contribution >= 4 is 0 Å². The fourth-order valence-electron chi connectivity index (χ4n) is 2.47. The van der Waals surface area contributed by atoms with Gasteiger partial charge in [0, 0.05) is 5.41 Å². The van der Waals surface area contributed by atoms with Crippen LogP contribution in [-0.4, -0.2) is 0 Å². The molecule has 14 heavy (non-hydrogen) atoms. The van der Waals surface area contributed by atoms with Gasteiger partial charge in [-0.1, -0.05) is 60.9 Å². The second-order valence-corrected chi connectivity index (χ2v) is 4.72. The first-order valence-electron chi connectivity index (χ1n) is 5.35. The van der Waals surface area contributed by atoms with Crippen LogP contribution in [0.3, 0.4) is 0 Å². The Labute approximate surface area is 86.7 Å². The largest absolute Gasteiger partial charge is 0.0804 e. The summed E-state index contributed by atoms with van der Waals surface area (Å²) >= 11 is 0. The topological polar surface area (TPSA) is 0 Å². The van der Waals surface area contributed by atoms with Crippen LogP contribution in [0.25, 0.3) is 0 Å². The Balaban J connectivity index is 2.29. The normalized spacial score (nSPS) is 20.9. The van der Waals surface area contributed by atoms with Crippen molar-refractivity contribution in [3.8, 4) is 0 Å². The summed E-state index contributed by atoms with van der Waals surface area (Å²) in [6, 6.07) is 0. The fraction of sp³-hybridized carbons (Fsp3) is 0.429. The Morgan fingerprint density at radius 2 is 1.93 bits per heavy atom. The van der Waals surface area contributed by atoms with E-state index >= 15 is 0 Å². The molecule has 0 saturated carbocycles. The Bertz CT molecular complexity index is 359. The molecule has 0 amide bonds. The predicted molar refractivity (Wildman–Crippen MR) is 62.1 cm³/mol. The van der Waals surface area contributed by atoms with Crippen LogP contribution in [-0.2, 0) is 0 Å². The first-order chi connectivity index (χ1) is 6.62. The molecule has 0 bridgehead atoms. The van der Waals surface area contributed by atoms with E-state index in [9.17, 15) is 0 Å². The Morgan fingerprint density at radius 1 is 1.14 bits per heavy atom. The maximum absolute atomic E-state index is 2.34. The lowest BCUT2D eigenvalue weighted by molar-refractivity contribution is 0.518. The van der Waals surface area contributed by atoms with E-state index in [4.69, 9.17) is 0 Å². The van der Waals surface area contributed by atoms with Crippen LogP contribution in [0.15, 0.2) is 47.1 Å². The molecule has 74 valence electrons. The lowest BCUT2D eigenvalue weighted by Gasteiger charge is -2.29. The summed E-state index contributed by atoms with van der Waals surface area (Å²) < 4.78 is 0. The zero-order chi connectivity index (χ0) is 10.2. The maximum atomic E-state index is 2.34. The summed E-state index contributed by atoms with van der Waals surface area (Å²) in [6.07, 6.45) is 13.5. The highest BCUT2D eigenvalue weighted by Crippen LogP contribution is 2.43. The molecule has 0 heteroatoms. The smallest absolute Gasteiger partial charge is 0.00790 e. The first-order valence-corrected chi connectivity index (χ1v) is 5.35. The molecule has 0 N–H and O–H groups in total. The Kier molecular flexibility index (Phi) is 2.22. The van der Waals surface area contributed by atoms with Crippen LogP contribution in [0.4, 0.5) is 0 Å². The van der Waals surface area contributed by atoms with E-state index in [1.54, 1.807) is 11.1 Å². The van der Waals surface area contributed by atoms with E-state index in [0.29, 0.717) is 0 Å². The minimum absolute atomic E-state index is 0.247. The van der Waals surface area contributed by atoms with Gasteiger partial charge in [0.2, 0.25) is 0 Å². The van der Waals surface area contributed by atoms with Gasteiger partial charge in [-0.3, -0.25) is 0 Å².